The van der Waals surface area contributed by atoms with Crippen molar-refractivity contribution in [1.29, 1.82) is 0 Å². The van der Waals surface area contributed by atoms with Crippen molar-refractivity contribution in [1.82, 2.24) is 15.1 Å². The fourth-order valence-electron chi connectivity index (χ4n) is 4.93. The topological polar surface area (TPSA) is 60.0 Å². The molecule has 2 aromatic carbocycles. The number of aliphatic imine (C=N–C) groups is 1. The number of rotatable bonds is 4. The number of hydrogen-bond acceptors (Lipinski definition) is 2. The summed E-state index contributed by atoms with van der Waals surface area (Å²) in [5.41, 5.74) is 3.40. The smallest absolute Gasteiger partial charge is 0.321 e. The molecule has 2 unspecified atom stereocenters. The maximum Gasteiger partial charge on any atom is 0.321 e. The van der Waals surface area contributed by atoms with E-state index in [-0.39, 0.29) is 30.0 Å². The number of carbonyl (C=O) groups excluding carboxylic acids is 1. The lowest BCUT2D eigenvalue weighted by atomic mass is 9.82. The van der Waals surface area contributed by atoms with E-state index in [1.54, 1.807) is 0 Å². The second-order valence-electron chi connectivity index (χ2n) is 8.95. The zero-order chi connectivity index (χ0) is 22.3. The lowest BCUT2D eigenvalue weighted by Gasteiger charge is -2.39. The lowest BCUT2D eigenvalue weighted by Crippen LogP contribution is -2.47. The first kappa shape index (κ1) is 25.3. The van der Waals surface area contributed by atoms with Crippen molar-refractivity contribution in [2.24, 2.45) is 10.9 Å². The molecule has 0 aliphatic carbocycles. The summed E-state index contributed by atoms with van der Waals surface area (Å²) >= 11 is 0. The molecule has 2 atom stereocenters. The molecular formula is C26H36IN5O. The van der Waals surface area contributed by atoms with Crippen LogP contribution < -0.4 is 10.6 Å². The van der Waals surface area contributed by atoms with Crippen molar-refractivity contribution in [3.63, 3.8) is 0 Å². The maximum absolute atomic E-state index is 12.4. The highest BCUT2D eigenvalue weighted by atomic mass is 127. The summed E-state index contributed by atoms with van der Waals surface area (Å²) in [6.07, 6.45) is 3.32. The zero-order valence-corrected chi connectivity index (χ0v) is 22.0. The van der Waals surface area contributed by atoms with Crippen molar-refractivity contribution in [3.8, 4) is 0 Å². The zero-order valence-electron chi connectivity index (χ0n) is 19.7. The number of halogens is 1. The van der Waals surface area contributed by atoms with Crippen LogP contribution in [0.15, 0.2) is 59.6 Å². The van der Waals surface area contributed by atoms with Gasteiger partial charge in [0, 0.05) is 45.5 Å². The number of carbonyl (C=O) groups is 1. The number of hydrogen-bond donors (Lipinski definition) is 2. The number of amides is 2. The molecule has 0 spiro atoms. The molecule has 2 aliphatic heterocycles. The third-order valence-corrected chi connectivity index (χ3v) is 6.67. The number of piperidine rings is 1. The van der Waals surface area contributed by atoms with Crippen molar-refractivity contribution in [2.75, 3.05) is 38.5 Å². The third-order valence-electron chi connectivity index (χ3n) is 6.67. The summed E-state index contributed by atoms with van der Waals surface area (Å²) in [6, 6.07) is 18.9. The Kier molecular flexibility index (Phi) is 9.41. The van der Waals surface area contributed by atoms with Crippen LogP contribution >= 0.6 is 24.0 Å². The van der Waals surface area contributed by atoms with E-state index in [1.807, 2.05) is 30.1 Å². The molecule has 2 saturated heterocycles. The average molecular weight is 562 g/mol. The van der Waals surface area contributed by atoms with Gasteiger partial charge in [0.2, 0.25) is 0 Å². The molecule has 2 amide bonds. The van der Waals surface area contributed by atoms with Gasteiger partial charge in [0.1, 0.15) is 0 Å². The van der Waals surface area contributed by atoms with E-state index in [4.69, 9.17) is 0 Å². The molecule has 2 N–H and O–H groups in total. The standard InChI is InChI=1S/C26H35N5O.HI/c1-20-19-31(16-13-24(20)22-10-4-3-5-11-22)25(27-2)28-18-21-9-8-12-23(17-21)29-26(32)30-14-6-7-15-30;/h3-5,8-12,17,20,24H,6-7,13-16,18-19H2,1-2H3,(H,27,28)(H,29,32);1H. The van der Waals surface area contributed by atoms with E-state index < -0.39 is 0 Å². The summed E-state index contributed by atoms with van der Waals surface area (Å²) in [5, 5.41) is 6.55. The molecule has 0 bridgehead atoms. The SMILES string of the molecule is CN=C(NCc1cccc(NC(=O)N2CCCC2)c1)N1CCC(c2ccccc2)C(C)C1.I. The van der Waals surface area contributed by atoms with Crippen molar-refractivity contribution in [2.45, 2.75) is 38.6 Å². The fourth-order valence-corrected chi connectivity index (χ4v) is 4.93. The molecule has 0 saturated carbocycles. The third kappa shape index (κ3) is 6.62. The number of guanidine groups is 1. The van der Waals surface area contributed by atoms with Crippen LogP contribution in [-0.4, -0.2) is 55.0 Å². The minimum absolute atomic E-state index is 0. The van der Waals surface area contributed by atoms with E-state index in [9.17, 15) is 4.79 Å². The minimum atomic E-state index is -0.00121. The second kappa shape index (κ2) is 12.3. The second-order valence-corrected chi connectivity index (χ2v) is 8.95. The first-order valence-electron chi connectivity index (χ1n) is 11.8. The Balaban J connectivity index is 0.00000306. The Morgan fingerprint density at radius 3 is 2.48 bits per heavy atom. The van der Waals surface area contributed by atoms with Crippen LogP contribution in [0.5, 0.6) is 0 Å². The highest BCUT2D eigenvalue weighted by molar-refractivity contribution is 14.0. The molecule has 0 aromatic heterocycles. The molecule has 0 radical (unpaired) electrons. The van der Waals surface area contributed by atoms with Gasteiger partial charge in [0.15, 0.2) is 5.96 Å². The normalized spacial score (nSPS) is 20.8. The van der Waals surface area contributed by atoms with Gasteiger partial charge in [0.05, 0.1) is 0 Å². The lowest BCUT2D eigenvalue weighted by molar-refractivity contribution is 0.222. The van der Waals surface area contributed by atoms with E-state index in [1.165, 1.54) is 5.56 Å². The molecule has 33 heavy (non-hydrogen) atoms. The van der Waals surface area contributed by atoms with Gasteiger partial charge in [-0.15, -0.1) is 24.0 Å². The van der Waals surface area contributed by atoms with Gasteiger partial charge in [-0.2, -0.15) is 0 Å². The first-order valence-corrected chi connectivity index (χ1v) is 11.8. The van der Waals surface area contributed by atoms with Crippen LogP contribution in [0.25, 0.3) is 0 Å². The van der Waals surface area contributed by atoms with Crippen LogP contribution in [0.2, 0.25) is 0 Å². The molecule has 2 aliphatic rings. The largest absolute Gasteiger partial charge is 0.352 e. The summed E-state index contributed by atoms with van der Waals surface area (Å²) in [6.45, 7) is 6.70. The molecule has 6 nitrogen and oxygen atoms in total. The van der Waals surface area contributed by atoms with Crippen LogP contribution in [0, 0.1) is 5.92 Å². The van der Waals surface area contributed by atoms with Crippen molar-refractivity contribution in [3.05, 3.63) is 65.7 Å². The number of nitrogens with one attached hydrogen (secondary N) is 2. The van der Waals surface area contributed by atoms with Gasteiger partial charge in [-0.25, -0.2) is 4.79 Å². The van der Waals surface area contributed by atoms with E-state index in [0.29, 0.717) is 18.4 Å². The van der Waals surface area contributed by atoms with Gasteiger partial charge in [0.25, 0.3) is 0 Å². The summed E-state index contributed by atoms with van der Waals surface area (Å²) < 4.78 is 0. The predicted molar refractivity (Wildman–Crippen MR) is 146 cm³/mol. The number of urea groups is 1. The highest BCUT2D eigenvalue weighted by Crippen LogP contribution is 2.32. The predicted octanol–water partition coefficient (Wildman–Crippen LogP) is 5.13. The van der Waals surface area contributed by atoms with E-state index in [2.05, 4.69) is 63.8 Å². The number of anilines is 1. The number of benzene rings is 2. The Morgan fingerprint density at radius 2 is 1.79 bits per heavy atom. The molecule has 178 valence electrons. The number of nitrogens with zero attached hydrogens (tertiary/aromatic N) is 3. The van der Waals surface area contributed by atoms with E-state index >= 15 is 0 Å². The summed E-state index contributed by atoms with van der Waals surface area (Å²) in [5.74, 6) is 2.10. The highest BCUT2D eigenvalue weighted by Gasteiger charge is 2.28. The summed E-state index contributed by atoms with van der Waals surface area (Å²) in [7, 11) is 1.85. The minimum Gasteiger partial charge on any atom is -0.352 e. The van der Waals surface area contributed by atoms with Gasteiger partial charge in [-0.05, 0) is 54.4 Å². The van der Waals surface area contributed by atoms with Gasteiger partial charge in [-0.1, -0.05) is 49.4 Å². The quantitative estimate of drug-likeness (QED) is 0.309. The van der Waals surface area contributed by atoms with Crippen LogP contribution in [-0.2, 0) is 6.54 Å². The Bertz CT molecular complexity index is 929. The van der Waals surface area contributed by atoms with Crippen molar-refractivity contribution < 1.29 is 4.79 Å². The average Bonchev–Trinajstić information content (AvgIpc) is 3.36. The Hall–Kier alpha value is -2.29. The fraction of sp³-hybridized carbons (Fsp3) is 0.462. The van der Waals surface area contributed by atoms with Crippen LogP contribution in [0.4, 0.5) is 10.5 Å². The maximum atomic E-state index is 12.4. The molecular weight excluding hydrogens is 525 g/mol. The van der Waals surface area contributed by atoms with Crippen molar-refractivity contribution >= 4 is 41.7 Å². The first-order chi connectivity index (χ1) is 15.6. The van der Waals surface area contributed by atoms with Gasteiger partial charge < -0.3 is 20.4 Å². The van der Waals surface area contributed by atoms with E-state index in [0.717, 1.165) is 62.7 Å². The van der Waals surface area contributed by atoms with Gasteiger partial charge in [-0.3, -0.25) is 4.99 Å². The monoisotopic (exact) mass is 561 g/mol. The summed E-state index contributed by atoms with van der Waals surface area (Å²) in [4.78, 5) is 21.2. The molecule has 2 fully saturated rings. The van der Waals surface area contributed by atoms with Crippen LogP contribution in [0.3, 0.4) is 0 Å². The molecule has 2 heterocycles. The van der Waals surface area contributed by atoms with Gasteiger partial charge >= 0.3 is 6.03 Å². The Morgan fingerprint density at radius 1 is 1.03 bits per heavy atom. The Labute approximate surface area is 214 Å². The molecule has 4 rings (SSSR count). The molecule has 7 heteroatoms. The number of likely N-dealkylation sites (tertiary alicyclic amines) is 2. The van der Waals surface area contributed by atoms with Crippen LogP contribution in [0.1, 0.15) is 43.2 Å². The molecule has 2 aromatic rings.